The van der Waals surface area contributed by atoms with Crippen LogP contribution in [0.5, 0.6) is 0 Å². The lowest BCUT2D eigenvalue weighted by atomic mass is 10.2. The molecule has 156 valence electrons. The van der Waals surface area contributed by atoms with Gasteiger partial charge in [0, 0.05) is 25.0 Å². The van der Waals surface area contributed by atoms with E-state index in [1.807, 2.05) is 0 Å². The van der Waals surface area contributed by atoms with Gasteiger partial charge >= 0.3 is 6.18 Å². The number of rotatable bonds is 5. The van der Waals surface area contributed by atoms with E-state index in [-0.39, 0.29) is 18.7 Å². The number of aromatic nitrogens is 2. The molecule has 3 rings (SSSR count). The number of pyridine rings is 2. The molecule has 1 amide bonds. The van der Waals surface area contributed by atoms with Crippen molar-refractivity contribution in [1.82, 2.24) is 14.9 Å². The van der Waals surface area contributed by atoms with Gasteiger partial charge in [-0.25, -0.2) is 8.78 Å². The Bertz CT molecular complexity index is 1120. The number of hydrogen-bond donors (Lipinski definition) is 1. The summed E-state index contributed by atoms with van der Waals surface area (Å²) in [5.74, 6) is -2.62. The fourth-order valence-electron chi connectivity index (χ4n) is 2.61. The summed E-state index contributed by atoms with van der Waals surface area (Å²) in [6.45, 7) is -0.160. The molecule has 0 radical (unpaired) electrons. The van der Waals surface area contributed by atoms with Crippen LogP contribution in [0.2, 0.25) is 0 Å². The summed E-state index contributed by atoms with van der Waals surface area (Å²) in [6, 6.07) is 7.63. The number of nitrogens with zero attached hydrogens (tertiary/aromatic N) is 2. The lowest BCUT2D eigenvalue weighted by Crippen LogP contribution is -2.26. The Morgan fingerprint density at radius 3 is 2.37 bits per heavy atom. The molecule has 1 aromatic carbocycles. The normalized spacial score (nSPS) is 11.4. The molecule has 3 aromatic rings. The highest BCUT2D eigenvalue weighted by Gasteiger charge is 2.32. The Balaban J connectivity index is 1.71. The van der Waals surface area contributed by atoms with Crippen molar-refractivity contribution >= 4 is 5.91 Å². The van der Waals surface area contributed by atoms with Gasteiger partial charge in [0.15, 0.2) is 11.6 Å². The molecule has 2 aromatic heterocycles. The maximum Gasteiger partial charge on any atom is 0.433 e. The van der Waals surface area contributed by atoms with Crippen LogP contribution in [0, 0.1) is 11.6 Å². The van der Waals surface area contributed by atoms with Crippen LogP contribution in [-0.4, -0.2) is 15.5 Å². The van der Waals surface area contributed by atoms with Crippen molar-refractivity contribution in [3.63, 3.8) is 0 Å². The molecule has 0 aliphatic carbocycles. The quantitative estimate of drug-likeness (QED) is 0.639. The second-order valence-electron chi connectivity index (χ2n) is 6.36. The van der Waals surface area contributed by atoms with Crippen molar-refractivity contribution in [1.29, 1.82) is 0 Å². The first-order valence-corrected chi connectivity index (χ1v) is 8.58. The van der Waals surface area contributed by atoms with E-state index >= 15 is 0 Å². The first kappa shape index (κ1) is 21.2. The van der Waals surface area contributed by atoms with Gasteiger partial charge < -0.3 is 9.88 Å². The average molecular weight is 423 g/mol. The van der Waals surface area contributed by atoms with E-state index in [0.29, 0.717) is 11.1 Å². The summed E-state index contributed by atoms with van der Waals surface area (Å²) in [5, 5.41) is 2.52. The Morgan fingerprint density at radius 2 is 1.73 bits per heavy atom. The van der Waals surface area contributed by atoms with Crippen molar-refractivity contribution in [2.45, 2.75) is 19.3 Å². The predicted octanol–water partition coefficient (Wildman–Crippen LogP) is 3.52. The van der Waals surface area contributed by atoms with Gasteiger partial charge in [0.05, 0.1) is 12.1 Å². The molecule has 0 aliphatic heterocycles. The van der Waals surface area contributed by atoms with Crippen molar-refractivity contribution < 1.29 is 26.7 Å². The Kier molecular flexibility index (Phi) is 5.95. The summed E-state index contributed by atoms with van der Waals surface area (Å²) in [4.78, 5) is 27.7. The lowest BCUT2D eigenvalue weighted by Gasteiger charge is -2.10. The van der Waals surface area contributed by atoms with E-state index in [9.17, 15) is 31.5 Å². The molecule has 5 nitrogen and oxygen atoms in total. The first-order chi connectivity index (χ1) is 14.1. The molecular formula is C20H14F5N3O2. The Labute approximate surface area is 166 Å². The molecule has 0 aliphatic rings. The fourth-order valence-corrected chi connectivity index (χ4v) is 2.61. The fraction of sp³-hybridized carbons (Fsp3) is 0.150. The van der Waals surface area contributed by atoms with Crippen molar-refractivity contribution in [3.8, 4) is 0 Å². The van der Waals surface area contributed by atoms with Crippen molar-refractivity contribution in [3.05, 3.63) is 99.2 Å². The van der Waals surface area contributed by atoms with Gasteiger partial charge in [0.1, 0.15) is 5.69 Å². The van der Waals surface area contributed by atoms with Crippen LogP contribution in [0.4, 0.5) is 22.0 Å². The molecular weight excluding hydrogens is 409 g/mol. The van der Waals surface area contributed by atoms with Gasteiger partial charge in [0.2, 0.25) is 0 Å². The second-order valence-corrected chi connectivity index (χ2v) is 6.36. The zero-order valence-corrected chi connectivity index (χ0v) is 15.2. The van der Waals surface area contributed by atoms with Crippen LogP contribution in [0.1, 0.15) is 27.2 Å². The molecule has 0 unspecified atom stereocenters. The third-order valence-electron chi connectivity index (χ3n) is 4.15. The van der Waals surface area contributed by atoms with Gasteiger partial charge in [-0.1, -0.05) is 12.1 Å². The average Bonchev–Trinajstić information content (AvgIpc) is 2.70. The summed E-state index contributed by atoms with van der Waals surface area (Å²) in [5.41, 5.74) is -0.732. The van der Waals surface area contributed by atoms with Crippen LogP contribution >= 0.6 is 0 Å². The zero-order valence-electron chi connectivity index (χ0n) is 15.2. The minimum absolute atomic E-state index is 0.0714. The smallest absolute Gasteiger partial charge is 0.348 e. The zero-order chi connectivity index (χ0) is 21.9. The number of hydrogen-bond acceptors (Lipinski definition) is 3. The predicted molar refractivity (Wildman–Crippen MR) is 96.6 cm³/mol. The van der Waals surface area contributed by atoms with E-state index < -0.39 is 35.0 Å². The van der Waals surface area contributed by atoms with Gasteiger partial charge in [-0.3, -0.25) is 14.6 Å². The lowest BCUT2D eigenvalue weighted by molar-refractivity contribution is -0.141. The molecule has 1 N–H and O–H groups in total. The number of benzene rings is 1. The van der Waals surface area contributed by atoms with Crippen LogP contribution in [0.3, 0.4) is 0 Å². The molecule has 0 fully saturated rings. The monoisotopic (exact) mass is 423 g/mol. The highest BCUT2D eigenvalue weighted by atomic mass is 19.4. The van der Waals surface area contributed by atoms with Crippen LogP contribution in [0.25, 0.3) is 0 Å². The third-order valence-corrected chi connectivity index (χ3v) is 4.15. The van der Waals surface area contributed by atoms with Crippen LogP contribution in [-0.2, 0) is 19.3 Å². The number of carbonyl (C=O) groups excluding carboxylic acids is 1. The number of amides is 1. The third kappa shape index (κ3) is 5.07. The Morgan fingerprint density at radius 1 is 1.00 bits per heavy atom. The van der Waals surface area contributed by atoms with Crippen molar-refractivity contribution in [2.24, 2.45) is 0 Å². The summed E-state index contributed by atoms with van der Waals surface area (Å²) in [7, 11) is 0. The van der Waals surface area contributed by atoms with E-state index in [1.54, 1.807) is 0 Å². The highest BCUT2D eigenvalue weighted by Crippen LogP contribution is 2.27. The largest absolute Gasteiger partial charge is 0.433 e. The molecule has 0 saturated heterocycles. The van der Waals surface area contributed by atoms with Crippen LogP contribution < -0.4 is 10.9 Å². The van der Waals surface area contributed by atoms with Gasteiger partial charge in [0.25, 0.3) is 11.5 Å². The molecule has 0 saturated carbocycles. The topological polar surface area (TPSA) is 64.0 Å². The number of halogens is 5. The summed E-state index contributed by atoms with van der Waals surface area (Å²) in [6.07, 6.45) is -2.31. The molecule has 10 heteroatoms. The minimum Gasteiger partial charge on any atom is -0.348 e. The first-order valence-electron chi connectivity index (χ1n) is 8.58. The molecule has 30 heavy (non-hydrogen) atoms. The van der Waals surface area contributed by atoms with E-state index in [0.717, 1.165) is 35.0 Å². The van der Waals surface area contributed by atoms with Gasteiger partial charge in [-0.15, -0.1) is 0 Å². The molecule has 0 atom stereocenters. The van der Waals surface area contributed by atoms with E-state index in [1.165, 1.54) is 24.4 Å². The molecule has 2 heterocycles. The number of nitrogens with one attached hydrogen (secondary N) is 1. The molecule has 0 spiro atoms. The maximum absolute atomic E-state index is 13.2. The summed E-state index contributed by atoms with van der Waals surface area (Å²) >= 11 is 0. The maximum atomic E-state index is 13.2. The molecule has 0 bridgehead atoms. The van der Waals surface area contributed by atoms with Gasteiger partial charge in [-0.05, 0) is 35.4 Å². The number of carbonyl (C=O) groups is 1. The minimum atomic E-state index is -4.57. The standard InChI is InChI=1S/C20H14F5N3O2/c21-15-4-1-12(7-16(15)22)8-27-19(30)14-3-6-18(29)28(11-14)10-13-2-5-17(26-9-13)20(23,24)25/h1-7,9,11H,8,10H2,(H,27,30). The SMILES string of the molecule is O=C(NCc1ccc(F)c(F)c1)c1ccc(=O)n(Cc2ccc(C(F)(F)F)nc2)c1. The number of alkyl halides is 3. The highest BCUT2D eigenvalue weighted by molar-refractivity contribution is 5.93. The van der Waals surface area contributed by atoms with E-state index in [4.69, 9.17) is 0 Å². The Hall–Kier alpha value is -3.56. The second kappa shape index (κ2) is 8.44. The van der Waals surface area contributed by atoms with Crippen LogP contribution in [0.15, 0.2) is 59.7 Å². The van der Waals surface area contributed by atoms with Crippen molar-refractivity contribution in [2.75, 3.05) is 0 Å². The van der Waals surface area contributed by atoms with E-state index in [2.05, 4.69) is 10.3 Å². The van der Waals surface area contributed by atoms with Gasteiger partial charge in [-0.2, -0.15) is 13.2 Å². The summed E-state index contributed by atoms with van der Waals surface area (Å²) < 4.78 is 65.1.